The maximum absolute atomic E-state index is 11.3. The molecule has 0 unspecified atom stereocenters. The van der Waals surface area contributed by atoms with Gasteiger partial charge in [0.05, 0.1) is 12.4 Å². The normalized spacial score (nSPS) is 11.6. The van der Waals surface area contributed by atoms with Crippen LogP contribution in [-0.4, -0.2) is 38.1 Å². The second-order valence-electron chi connectivity index (χ2n) is 2.85. The molecule has 0 aliphatic carbocycles. The quantitative estimate of drug-likeness (QED) is 0.736. The first-order chi connectivity index (χ1) is 6.53. The molecule has 1 heterocycles. The van der Waals surface area contributed by atoms with Crippen LogP contribution in [0.1, 0.15) is 5.69 Å². The summed E-state index contributed by atoms with van der Waals surface area (Å²) in [5.74, 6) is 0.230. The third-order valence-electron chi connectivity index (χ3n) is 1.52. The van der Waals surface area contributed by atoms with E-state index in [9.17, 15) is 8.42 Å². The Balaban J connectivity index is 2.59. The van der Waals surface area contributed by atoms with Gasteiger partial charge in [0.2, 0.25) is 10.0 Å². The van der Waals surface area contributed by atoms with Gasteiger partial charge in [0.25, 0.3) is 0 Å². The summed E-state index contributed by atoms with van der Waals surface area (Å²) in [4.78, 5) is 0. The summed E-state index contributed by atoms with van der Waals surface area (Å²) in [6, 6.07) is 1.62. The van der Waals surface area contributed by atoms with Gasteiger partial charge in [-0.3, -0.25) is 9.82 Å². The van der Waals surface area contributed by atoms with Crippen molar-refractivity contribution in [2.45, 2.75) is 6.92 Å². The lowest BCUT2D eigenvalue weighted by molar-refractivity contribution is 0.217. The van der Waals surface area contributed by atoms with E-state index in [2.05, 4.69) is 19.7 Å². The molecule has 0 radical (unpaired) electrons. The highest BCUT2D eigenvalue weighted by atomic mass is 32.2. The molecule has 0 amide bonds. The summed E-state index contributed by atoms with van der Waals surface area (Å²) >= 11 is 0. The minimum atomic E-state index is -3.34. The van der Waals surface area contributed by atoms with Crippen LogP contribution in [0.2, 0.25) is 0 Å². The van der Waals surface area contributed by atoms with Gasteiger partial charge in [-0.1, -0.05) is 0 Å². The summed E-state index contributed by atoms with van der Waals surface area (Å²) in [5.41, 5.74) is 0.800. The number of rotatable bonds is 5. The zero-order valence-corrected chi connectivity index (χ0v) is 8.89. The van der Waals surface area contributed by atoms with Gasteiger partial charge in [-0.15, -0.1) is 0 Å². The molecule has 1 aromatic rings. The largest absolute Gasteiger partial charge is 0.384 e. The van der Waals surface area contributed by atoms with Gasteiger partial charge in [-0.25, -0.2) is 8.42 Å². The molecular weight excluding hydrogens is 206 g/mol. The third-order valence-corrected chi connectivity index (χ3v) is 2.75. The molecule has 0 spiro atoms. The Labute approximate surface area is 82.7 Å². The van der Waals surface area contributed by atoms with Crippen LogP contribution in [0.15, 0.2) is 6.07 Å². The van der Waals surface area contributed by atoms with E-state index >= 15 is 0 Å². The molecule has 1 rings (SSSR count). The van der Waals surface area contributed by atoms with Crippen LogP contribution in [-0.2, 0) is 14.8 Å². The Morgan fingerprint density at radius 3 is 2.86 bits per heavy atom. The minimum absolute atomic E-state index is 0.0740. The number of hydrogen-bond donors (Lipinski definition) is 2. The van der Waals surface area contributed by atoms with Crippen molar-refractivity contribution in [3.8, 4) is 0 Å². The molecular formula is C7H13N3O3S. The van der Waals surface area contributed by atoms with Crippen molar-refractivity contribution < 1.29 is 13.2 Å². The van der Waals surface area contributed by atoms with Gasteiger partial charge >= 0.3 is 0 Å². The number of anilines is 1. The maximum Gasteiger partial charge on any atom is 0.236 e. The van der Waals surface area contributed by atoms with Crippen molar-refractivity contribution >= 4 is 15.8 Å². The van der Waals surface area contributed by atoms with Crippen LogP contribution >= 0.6 is 0 Å². The van der Waals surface area contributed by atoms with Gasteiger partial charge < -0.3 is 4.74 Å². The minimum Gasteiger partial charge on any atom is -0.384 e. The van der Waals surface area contributed by atoms with E-state index in [4.69, 9.17) is 0 Å². The Kier molecular flexibility index (Phi) is 3.48. The number of sulfonamides is 1. The third kappa shape index (κ3) is 3.35. The number of nitrogens with zero attached hydrogens (tertiary/aromatic N) is 1. The summed E-state index contributed by atoms with van der Waals surface area (Å²) in [6.45, 7) is 1.96. The molecule has 0 saturated carbocycles. The fraction of sp³-hybridized carbons (Fsp3) is 0.571. The van der Waals surface area contributed by atoms with Crippen molar-refractivity contribution in [3.05, 3.63) is 11.8 Å². The Morgan fingerprint density at radius 2 is 2.36 bits per heavy atom. The highest BCUT2D eigenvalue weighted by Gasteiger charge is 2.11. The predicted octanol–water partition coefficient (Wildman–Crippen LogP) is 0.106. The van der Waals surface area contributed by atoms with E-state index in [0.29, 0.717) is 5.82 Å². The van der Waals surface area contributed by atoms with Gasteiger partial charge in [0.15, 0.2) is 5.82 Å². The van der Waals surface area contributed by atoms with E-state index in [1.807, 2.05) is 0 Å². The second-order valence-corrected chi connectivity index (χ2v) is 4.69. The number of methoxy groups -OCH3 is 1. The van der Waals surface area contributed by atoms with Crippen molar-refractivity contribution in [2.75, 3.05) is 24.2 Å². The number of aryl methyl sites for hydroxylation is 1. The molecule has 0 bridgehead atoms. The van der Waals surface area contributed by atoms with E-state index < -0.39 is 10.0 Å². The van der Waals surface area contributed by atoms with Gasteiger partial charge in [0, 0.05) is 18.9 Å². The van der Waals surface area contributed by atoms with E-state index in [0.717, 1.165) is 5.69 Å². The first kappa shape index (κ1) is 11.0. The standard InChI is InChI=1S/C7H13N3O3S/c1-6-5-7(9-8-6)10-14(11,12)4-3-13-2/h5H,3-4H2,1-2H3,(H2,8,9,10). The summed E-state index contributed by atoms with van der Waals surface area (Å²) in [7, 11) is -1.89. The van der Waals surface area contributed by atoms with E-state index in [1.165, 1.54) is 7.11 Å². The molecule has 0 aliphatic rings. The van der Waals surface area contributed by atoms with Crippen LogP contribution in [0.25, 0.3) is 0 Å². The Hall–Kier alpha value is -1.08. The van der Waals surface area contributed by atoms with Crippen LogP contribution in [0.3, 0.4) is 0 Å². The molecule has 80 valence electrons. The highest BCUT2D eigenvalue weighted by Crippen LogP contribution is 2.06. The van der Waals surface area contributed by atoms with E-state index in [-0.39, 0.29) is 12.4 Å². The first-order valence-corrected chi connectivity index (χ1v) is 5.70. The van der Waals surface area contributed by atoms with Gasteiger partial charge in [0.1, 0.15) is 0 Å². The fourth-order valence-electron chi connectivity index (χ4n) is 0.874. The molecule has 0 fully saturated rings. The van der Waals surface area contributed by atoms with Gasteiger partial charge in [-0.05, 0) is 6.92 Å². The Morgan fingerprint density at radius 1 is 1.64 bits per heavy atom. The lowest BCUT2D eigenvalue weighted by atomic mass is 10.5. The molecule has 14 heavy (non-hydrogen) atoms. The zero-order valence-electron chi connectivity index (χ0n) is 8.07. The van der Waals surface area contributed by atoms with Crippen LogP contribution in [0.4, 0.5) is 5.82 Å². The SMILES string of the molecule is COCCS(=O)(=O)Nc1cc(C)[nH]n1. The monoisotopic (exact) mass is 219 g/mol. The molecule has 0 aromatic carbocycles. The molecule has 0 aliphatic heterocycles. The number of H-pyrrole nitrogens is 1. The zero-order chi connectivity index (χ0) is 10.6. The van der Waals surface area contributed by atoms with Gasteiger partial charge in [-0.2, -0.15) is 5.10 Å². The van der Waals surface area contributed by atoms with Crippen LogP contribution in [0, 0.1) is 6.92 Å². The molecule has 1 aromatic heterocycles. The van der Waals surface area contributed by atoms with Crippen LogP contribution in [0.5, 0.6) is 0 Å². The number of aromatic nitrogens is 2. The van der Waals surface area contributed by atoms with Crippen molar-refractivity contribution in [1.82, 2.24) is 10.2 Å². The van der Waals surface area contributed by atoms with E-state index in [1.54, 1.807) is 13.0 Å². The number of ether oxygens (including phenoxy) is 1. The lowest BCUT2D eigenvalue weighted by Crippen LogP contribution is -2.19. The number of nitrogens with one attached hydrogen (secondary N) is 2. The first-order valence-electron chi connectivity index (χ1n) is 4.05. The highest BCUT2D eigenvalue weighted by molar-refractivity contribution is 7.92. The maximum atomic E-state index is 11.3. The van der Waals surface area contributed by atoms with Crippen molar-refractivity contribution in [1.29, 1.82) is 0 Å². The molecule has 7 heteroatoms. The summed E-state index contributed by atoms with van der Waals surface area (Å²) in [6.07, 6.45) is 0. The fourth-order valence-corrected chi connectivity index (χ4v) is 1.79. The van der Waals surface area contributed by atoms with Crippen LogP contribution < -0.4 is 4.72 Å². The smallest absolute Gasteiger partial charge is 0.236 e. The number of aromatic amines is 1. The summed E-state index contributed by atoms with van der Waals surface area (Å²) < 4.78 is 29.6. The van der Waals surface area contributed by atoms with Crippen molar-refractivity contribution in [2.24, 2.45) is 0 Å². The predicted molar refractivity (Wildman–Crippen MR) is 52.6 cm³/mol. The van der Waals surface area contributed by atoms with Crippen molar-refractivity contribution in [3.63, 3.8) is 0 Å². The average Bonchev–Trinajstić information content (AvgIpc) is 2.47. The average molecular weight is 219 g/mol. The topological polar surface area (TPSA) is 84.1 Å². The lowest BCUT2D eigenvalue weighted by Gasteiger charge is -2.03. The Bertz CT molecular complexity index is 385. The molecule has 6 nitrogen and oxygen atoms in total. The molecule has 0 atom stereocenters. The summed E-state index contributed by atoms with van der Waals surface area (Å²) in [5, 5.41) is 6.39. The second kappa shape index (κ2) is 4.43. The molecule has 2 N–H and O–H groups in total. The molecule has 0 saturated heterocycles. The number of hydrogen-bond acceptors (Lipinski definition) is 4.